The van der Waals surface area contributed by atoms with Gasteiger partial charge in [0.25, 0.3) is 0 Å². The summed E-state index contributed by atoms with van der Waals surface area (Å²) in [6.07, 6.45) is 0.129. The van der Waals surface area contributed by atoms with Crippen LogP contribution in [0.3, 0.4) is 0 Å². The number of halogens is 8. The van der Waals surface area contributed by atoms with Gasteiger partial charge >= 0.3 is 30.8 Å². The van der Waals surface area contributed by atoms with Gasteiger partial charge in [-0.05, 0) is 78.4 Å². The Kier molecular flexibility index (Phi) is 17.0. The molecule has 0 amide bonds. The van der Waals surface area contributed by atoms with E-state index in [0.29, 0.717) is 22.3 Å². The van der Waals surface area contributed by atoms with Gasteiger partial charge in [-0.25, -0.2) is 27.5 Å². The summed E-state index contributed by atoms with van der Waals surface area (Å²) in [5, 5.41) is 8.95. The molecule has 4 rings (SSSR count). The van der Waals surface area contributed by atoms with Crippen molar-refractivity contribution in [2.45, 2.75) is 32.6 Å². The van der Waals surface area contributed by atoms with Crippen LogP contribution in [0, 0.1) is 23.3 Å². The molecule has 0 fully saturated rings. The third-order valence-electron chi connectivity index (χ3n) is 6.00. The second-order valence-electron chi connectivity index (χ2n) is 8.97. The summed E-state index contributed by atoms with van der Waals surface area (Å²) in [6.45, 7) is 1.97. The van der Waals surface area contributed by atoms with Gasteiger partial charge in [0.05, 0.1) is 6.61 Å². The molecule has 240 valence electrons. The maximum atomic E-state index is 14.1. The topological polar surface area (TPSA) is 119 Å². The second-order valence-corrected chi connectivity index (χ2v) is 10.5. The van der Waals surface area contributed by atoms with Gasteiger partial charge in [-0.2, -0.15) is 0 Å². The summed E-state index contributed by atoms with van der Waals surface area (Å²) >= 11 is 23.7. The molecule has 0 atom stereocenters. The fourth-order valence-electron chi connectivity index (χ4n) is 4.09. The van der Waals surface area contributed by atoms with Gasteiger partial charge in [0.2, 0.25) is 0 Å². The van der Waals surface area contributed by atoms with Crippen LogP contribution in [0.2, 0.25) is 20.6 Å². The summed E-state index contributed by atoms with van der Waals surface area (Å²) in [5.74, 6) is -4.36. The van der Waals surface area contributed by atoms with Crippen LogP contribution in [0.5, 0.6) is 0 Å². The maximum Gasteiger partial charge on any atom is 1.00 e. The van der Waals surface area contributed by atoms with Crippen LogP contribution in [0.1, 0.15) is 30.9 Å². The van der Waals surface area contributed by atoms with Gasteiger partial charge in [0, 0.05) is 36.1 Å². The van der Waals surface area contributed by atoms with E-state index >= 15 is 0 Å². The Morgan fingerprint density at radius 1 is 0.717 bits per heavy atom. The molecule has 2 heterocycles. The van der Waals surface area contributed by atoms with Crippen molar-refractivity contribution in [2.24, 2.45) is 0 Å². The van der Waals surface area contributed by atoms with Crippen molar-refractivity contribution in [1.29, 1.82) is 0 Å². The van der Waals surface area contributed by atoms with Crippen LogP contribution in [-0.4, -0.2) is 39.1 Å². The van der Waals surface area contributed by atoms with Gasteiger partial charge < -0.3 is 15.3 Å². The number of carboxylic acids is 1. The molecule has 0 unspecified atom stereocenters. The number of carbonyl (C=O) groups is 2. The van der Waals surface area contributed by atoms with E-state index in [1.165, 1.54) is 24.3 Å². The van der Waals surface area contributed by atoms with E-state index in [9.17, 15) is 27.2 Å². The first-order chi connectivity index (χ1) is 20.8. The molecule has 2 N–H and O–H groups in total. The molecule has 0 radical (unpaired) electrons. The van der Waals surface area contributed by atoms with Gasteiger partial charge in [0.15, 0.2) is 0 Å². The molecule has 46 heavy (non-hydrogen) atoms. The fourth-order valence-corrected chi connectivity index (χ4v) is 5.13. The molecule has 0 saturated carbocycles. The number of ether oxygens (including phenoxy) is 1. The monoisotopic (exact) mass is 714 g/mol. The van der Waals surface area contributed by atoms with E-state index in [0.717, 1.165) is 24.3 Å². The minimum atomic E-state index is -1.02. The first kappa shape index (κ1) is 41.1. The average Bonchev–Trinajstić information content (AvgIpc) is 2.92. The van der Waals surface area contributed by atoms with Crippen LogP contribution in [0.15, 0.2) is 48.5 Å². The van der Waals surface area contributed by atoms with E-state index in [-0.39, 0.29) is 88.4 Å². The van der Waals surface area contributed by atoms with Crippen molar-refractivity contribution >= 4 is 58.3 Å². The fraction of sp³-hybridized carbons (Fsp3) is 0.200. The van der Waals surface area contributed by atoms with Crippen molar-refractivity contribution in [3.8, 4) is 22.3 Å². The number of hydrogen-bond acceptors (Lipinski definition) is 6. The van der Waals surface area contributed by atoms with Crippen molar-refractivity contribution in [3.05, 3.63) is 104 Å². The van der Waals surface area contributed by atoms with Gasteiger partial charge in [-0.1, -0.05) is 46.4 Å². The van der Waals surface area contributed by atoms with E-state index in [1.807, 2.05) is 0 Å². The first-order valence-corrected chi connectivity index (χ1v) is 14.3. The quantitative estimate of drug-likeness (QED) is 0.0977. The summed E-state index contributed by atoms with van der Waals surface area (Å²) in [5.41, 5.74) is 1.71. The number of nitrogens with zero attached hydrogens (tertiary/aromatic N) is 2. The third kappa shape index (κ3) is 11.4. The predicted octanol–water partition coefficient (Wildman–Crippen LogP) is 6.01. The Labute approximate surface area is 293 Å². The number of carboxylic acid groups (broad SMARTS) is 1. The summed E-state index contributed by atoms with van der Waals surface area (Å²) in [4.78, 5) is 30.0. The molecule has 4 aromatic rings. The molecule has 0 bridgehead atoms. The standard InChI is InChI=1S/C16H13Cl2F2NO2.C14H9Cl2F2NO2.Li.H2O/c1-2-23-15(22)6-5-11-12(8-14(17)21-16(11)18)10-4-3-9(19)7-13(10)20;15-12-6-10(8-2-1-7(17)5-11(8)18)9(14(16)19-12)3-4-13(20)21;;/h3-4,7-8H,2,5-6H2,1H3;1-2,5-6H,3-4H2,(H,20,21);;1H2/q;;+1;/p-1. The Bertz CT molecular complexity index is 1700. The molecule has 0 spiro atoms. The number of aliphatic carboxylic acids is 1. The smallest absolute Gasteiger partial charge is 0.870 e. The Morgan fingerprint density at radius 2 is 1.13 bits per heavy atom. The molecule has 7 nitrogen and oxygen atoms in total. The van der Waals surface area contributed by atoms with Gasteiger partial charge in [-0.15, -0.1) is 0 Å². The SMILES string of the molecule is CCOC(=O)CCc1c(-c2ccc(F)cc2F)cc(Cl)nc1Cl.O=C(O)CCc1c(-c2ccc(F)cc2F)cc(Cl)nc1Cl.[Li+].[OH-]. The molecular weight excluding hydrogens is 693 g/mol. The number of rotatable bonds is 9. The van der Waals surface area contributed by atoms with E-state index < -0.39 is 35.2 Å². The number of aromatic nitrogens is 2. The zero-order chi connectivity index (χ0) is 32.6. The third-order valence-corrected chi connectivity index (χ3v) is 7.01. The van der Waals surface area contributed by atoms with Crippen LogP contribution >= 0.6 is 46.4 Å². The van der Waals surface area contributed by atoms with Crippen LogP contribution in [-0.2, 0) is 27.2 Å². The van der Waals surface area contributed by atoms with Crippen molar-refractivity contribution in [1.82, 2.24) is 9.97 Å². The van der Waals surface area contributed by atoms with Gasteiger partial charge in [0.1, 0.15) is 43.9 Å². The number of benzene rings is 2. The van der Waals surface area contributed by atoms with Crippen LogP contribution in [0.4, 0.5) is 17.6 Å². The number of pyridine rings is 2. The normalized spacial score (nSPS) is 10.2. The zero-order valence-electron chi connectivity index (χ0n) is 24.2. The molecule has 0 aliphatic heterocycles. The second kappa shape index (κ2) is 19.1. The molecule has 0 aliphatic rings. The Morgan fingerprint density at radius 3 is 1.50 bits per heavy atom. The molecule has 2 aromatic heterocycles. The van der Waals surface area contributed by atoms with Crippen LogP contribution in [0.25, 0.3) is 22.3 Å². The van der Waals surface area contributed by atoms with Crippen molar-refractivity contribution < 1.29 is 61.3 Å². The first-order valence-electron chi connectivity index (χ1n) is 12.8. The Balaban J connectivity index is 0.000000442. The van der Waals surface area contributed by atoms with Crippen molar-refractivity contribution in [3.63, 3.8) is 0 Å². The molecule has 2 aromatic carbocycles. The molecule has 0 saturated heterocycles. The predicted molar refractivity (Wildman–Crippen MR) is 162 cm³/mol. The van der Waals surface area contributed by atoms with Crippen molar-refractivity contribution in [2.75, 3.05) is 6.61 Å². The van der Waals surface area contributed by atoms with E-state index in [2.05, 4.69) is 9.97 Å². The largest absolute Gasteiger partial charge is 1.00 e. The maximum absolute atomic E-state index is 14.1. The molecular formula is C30H23Cl4F4LiN2O5. The number of esters is 1. The number of hydrogen-bond donors (Lipinski definition) is 1. The molecule has 0 aliphatic carbocycles. The zero-order valence-corrected chi connectivity index (χ0v) is 27.2. The summed E-state index contributed by atoms with van der Waals surface area (Å²) < 4.78 is 58.9. The van der Waals surface area contributed by atoms with Gasteiger partial charge in [-0.3, -0.25) is 9.59 Å². The summed E-state index contributed by atoms with van der Waals surface area (Å²) in [7, 11) is 0. The Hall–Kier alpha value is -2.88. The number of carbonyl (C=O) groups excluding carboxylic acids is 1. The van der Waals surface area contributed by atoms with E-state index in [1.54, 1.807) is 6.92 Å². The minimum Gasteiger partial charge on any atom is -0.870 e. The van der Waals surface area contributed by atoms with Crippen LogP contribution < -0.4 is 18.9 Å². The van der Waals surface area contributed by atoms with E-state index in [4.69, 9.17) is 56.2 Å². The molecule has 16 heteroatoms. The summed E-state index contributed by atoms with van der Waals surface area (Å²) in [6, 6.07) is 9.09. The minimum absolute atomic E-state index is 0. The average molecular weight is 716 g/mol.